The van der Waals surface area contributed by atoms with Crippen LogP contribution in [0.15, 0.2) is 18.2 Å². The Hall–Kier alpha value is -2.15. The predicted octanol–water partition coefficient (Wildman–Crippen LogP) is 1.45. The lowest BCUT2D eigenvalue weighted by Crippen LogP contribution is -2.39. The molecule has 1 saturated carbocycles. The van der Waals surface area contributed by atoms with Crippen molar-refractivity contribution in [2.24, 2.45) is 5.92 Å². The Labute approximate surface area is 122 Å². The zero-order chi connectivity index (χ0) is 15.6. The summed E-state index contributed by atoms with van der Waals surface area (Å²) in [5.74, 6) is -0.0661. The smallest absolute Gasteiger partial charge is 0.311 e. The minimum Gasteiger partial charge on any atom is -0.490 e. The van der Waals surface area contributed by atoms with Gasteiger partial charge in [0.05, 0.1) is 23.7 Å². The van der Waals surface area contributed by atoms with E-state index in [1.54, 1.807) is 7.05 Å². The highest BCUT2D eigenvalue weighted by Gasteiger charge is 2.31. The summed E-state index contributed by atoms with van der Waals surface area (Å²) in [4.78, 5) is 24.3. The normalized spacial score (nSPS) is 20.5. The van der Waals surface area contributed by atoms with Crippen molar-refractivity contribution in [1.29, 1.82) is 0 Å². The monoisotopic (exact) mass is 294 g/mol. The molecule has 1 fully saturated rings. The average Bonchev–Trinajstić information content (AvgIpc) is 2.43. The van der Waals surface area contributed by atoms with Crippen molar-refractivity contribution >= 4 is 11.6 Å². The van der Waals surface area contributed by atoms with E-state index in [1.165, 1.54) is 30.2 Å². The van der Waals surface area contributed by atoms with Crippen molar-refractivity contribution in [3.8, 4) is 5.75 Å². The highest BCUT2D eigenvalue weighted by Crippen LogP contribution is 2.32. The summed E-state index contributed by atoms with van der Waals surface area (Å²) in [5.41, 5.74) is -0.0510. The van der Waals surface area contributed by atoms with Gasteiger partial charge in [-0.05, 0) is 24.8 Å². The first kappa shape index (κ1) is 15.2. The van der Waals surface area contributed by atoms with Crippen molar-refractivity contribution < 1.29 is 19.6 Å². The van der Waals surface area contributed by atoms with Gasteiger partial charge in [-0.2, -0.15) is 0 Å². The summed E-state index contributed by atoms with van der Waals surface area (Å²) in [7, 11) is 2.95. The standard InChI is InChI=1S/C14H18N2O5/c1-15(8-9-6-10(17)7-9)14(18)11-4-3-5-12(16(19)20)13(11)21-2/h3-5,9-10,17H,6-8H2,1-2H3. The van der Waals surface area contributed by atoms with Crippen LogP contribution in [0.25, 0.3) is 0 Å². The van der Waals surface area contributed by atoms with E-state index in [4.69, 9.17) is 4.74 Å². The lowest BCUT2D eigenvalue weighted by Gasteiger charge is -2.34. The van der Waals surface area contributed by atoms with Crippen molar-refractivity contribution in [1.82, 2.24) is 4.90 Å². The lowest BCUT2D eigenvalue weighted by molar-refractivity contribution is -0.385. The van der Waals surface area contributed by atoms with E-state index in [-0.39, 0.29) is 34.9 Å². The number of ether oxygens (including phenoxy) is 1. The second-order valence-corrected chi connectivity index (χ2v) is 5.29. The number of amides is 1. The molecule has 7 heteroatoms. The Bertz CT molecular complexity index is 554. The maximum Gasteiger partial charge on any atom is 0.311 e. The van der Waals surface area contributed by atoms with Crippen LogP contribution >= 0.6 is 0 Å². The van der Waals surface area contributed by atoms with E-state index >= 15 is 0 Å². The van der Waals surface area contributed by atoms with E-state index in [2.05, 4.69) is 0 Å². The first-order valence-corrected chi connectivity index (χ1v) is 6.69. The van der Waals surface area contributed by atoms with Gasteiger partial charge >= 0.3 is 5.69 Å². The topological polar surface area (TPSA) is 92.9 Å². The van der Waals surface area contributed by atoms with Crippen LogP contribution in [0.1, 0.15) is 23.2 Å². The molecule has 1 aromatic carbocycles. The first-order valence-electron chi connectivity index (χ1n) is 6.69. The molecule has 21 heavy (non-hydrogen) atoms. The van der Waals surface area contributed by atoms with Crippen LogP contribution in [0.5, 0.6) is 5.75 Å². The quantitative estimate of drug-likeness (QED) is 0.655. The van der Waals surface area contributed by atoms with E-state index in [9.17, 15) is 20.0 Å². The van der Waals surface area contributed by atoms with Crippen LogP contribution in [0, 0.1) is 16.0 Å². The fourth-order valence-corrected chi connectivity index (χ4v) is 2.58. The molecule has 0 heterocycles. The molecular weight excluding hydrogens is 276 g/mol. The van der Waals surface area contributed by atoms with Gasteiger partial charge < -0.3 is 14.7 Å². The lowest BCUT2D eigenvalue weighted by atomic mass is 9.82. The second-order valence-electron chi connectivity index (χ2n) is 5.29. The number of hydrogen-bond donors (Lipinski definition) is 1. The molecule has 7 nitrogen and oxygen atoms in total. The molecule has 0 aliphatic heterocycles. The Morgan fingerprint density at radius 2 is 2.19 bits per heavy atom. The molecule has 0 unspecified atom stereocenters. The number of methoxy groups -OCH3 is 1. The highest BCUT2D eigenvalue weighted by atomic mass is 16.6. The zero-order valence-electron chi connectivity index (χ0n) is 12.0. The summed E-state index contributed by atoms with van der Waals surface area (Å²) in [6.45, 7) is 0.516. The average molecular weight is 294 g/mol. The largest absolute Gasteiger partial charge is 0.490 e. The molecule has 114 valence electrons. The van der Waals surface area contributed by atoms with Crippen LogP contribution in [0.4, 0.5) is 5.69 Å². The van der Waals surface area contributed by atoms with Gasteiger partial charge in [0.1, 0.15) is 0 Å². The van der Waals surface area contributed by atoms with E-state index in [0.717, 1.165) is 0 Å². The number of aliphatic hydroxyl groups is 1. The molecule has 1 N–H and O–H groups in total. The number of hydrogen-bond acceptors (Lipinski definition) is 5. The number of rotatable bonds is 5. The van der Waals surface area contributed by atoms with Crippen LogP contribution < -0.4 is 4.74 Å². The fraction of sp³-hybridized carbons (Fsp3) is 0.500. The molecule has 1 aliphatic rings. The molecule has 0 atom stereocenters. The van der Waals surface area contributed by atoms with Crippen LogP contribution in [-0.2, 0) is 0 Å². The van der Waals surface area contributed by atoms with Gasteiger partial charge in [-0.1, -0.05) is 6.07 Å². The number of para-hydroxylation sites is 1. The van der Waals surface area contributed by atoms with Crippen molar-refractivity contribution in [2.75, 3.05) is 20.7 Å². The second kappa shape index (κ2) is 6.09. The van der Waals surface area contributed by atoms with Gasteiger partial charge in [0, 0.05) is 19.7 Å². The maximum absolute atomic E-state index is 12.4. The van der Waals surface area contributed by atoms with Gasteiger partial charge in [0.2, 0.25) is 5.75 Å². The van der Waals surface area contributed by atoms with Gasteiger partial charge in [-0.15, -0.1) is 0 Å². The van der Waals surface area contributed by atoms with Gasteiger partial charge in [0.15, 0.2) is 0 Å². The van der Waals surface area contributed by atoms with E-state index in [0.29, 0.717) is 19.4 Å². The summed E-state index contributed by atoms with van der Waals surface area (Å²) < 4.78 is 5.04. The molecule has 1 aromatic rings. The minimum absolute atomic E-state index is 0.0204. The Morgan fingerprint density at radius 3 is 2.71 bits per heavy atom. The maximum atomic E-state index is 12.4. The Kier molecular flexibility index (Phi) is 4.42. The third-order valence-corrected chi connectivity index (χ3v) is 3.72. The number of aliphatic hydroxyl groups excluding tert-OH is 1. The van der Waals surface area contributed by atoms with Crippen LogP contribution in [-0.4, -0.2) is 47.6 Å². The van der Waals surface area contributed by atoms with Crippen molar-refractivity contribution in [2.45, 2.75) is 18.9 Å². The molecular formula is C14H18N2O5. The van der Waals surface area contributed by atoms with Crippen molar-refractivity contribution in [3.05, 3.63) is 33.9 Å². The first-order chi connectivity index (χ1) is 9.93. The predicted molar refractivity (Wildman–Crippen MR) is 75.3 cm³/mol. The summed E-state index contributed by atoms with van der Waals surface area (Å²) >= 11 is 0. The van der Waals surface area contributed by atoms with E-state index in [1.807, 2.05) is 0 Å². The Balaban J connectivity index is 2.18. The number of carbonyl (C=O) groups is 1. The molecule has 0 bridgehead atoms. The van der Waals surface area contributed by atoms with E-state index < -0.39 is 4.92 Å². The summed E-state index contributed by atoms with van der Waals surface area (Å²) in [6, 6.07) is 4.28. The molecule has 0 radical (unpaired) electrons. The molecule has 2 rings (SSSR count). The van der Waals surface area contributed by atoms with Gasteiger partial charge in [-0.25, -0.2) is 0 Å². The van der Waals surface area contributed by atoms with Crippen LogP contribution in [0.3, 0.4) is 0 Å². The number of nitrogens with zero attached hydrogens (tertiary/aromatic N) is 2. The number of benzene rings is 1. The molecule has 0 spiro atoms. The Morgan fingerprint density at radius 1 is 1.52 bits per heavy atom. The molecule has 1 amide bonds. The third kappa shape index (κ3) is 3.13. The molecule has 0 saturated heterocycles. The SMILES string of the molecule is COc1c(C(=O)N(C)CC2CC(O)C2)cccc1[N+](=O)[O-]. The molecule has 1 aliphatic carbocycles. The summed E-state index contributed by atoms with van der Waals surface area (Å²) in [5, 5.41) is 20.2. The minimum atomic E-state index is -0.572. The molecule has 0 aromatic heterocycles. The van der Waals surface area contributed by atoms with Gasteiger partial charge in [0.25, 0.3) is 5.91 Å². The van der Waals surface area contributed by atoms with Crippen molar-refractivity contribution in [3.63, 3.8) is 0 Å². The van der Waals surface area contributed by atoms with Crippen LogP contribution in [0.2, 0.25) is 0 Å². The highest BCUT2D eigenvalue weighted by molar-refractivity contribution is 5.98. The number of carbonyl (C=O) groups excluding carboxylic acids is 1. The van der Waals surface area contributed by atoms with Gasteiger partial charge in [-0.3, -0.25) is 14.9 Å². The number of nitro benzene ring substituents is 1. The zero-order valence-corrected chi connectivity index (χ0v) is 12.0. The fourth-order valence-electron chi connectivity index (χ4n) is 2.58. The summed E-state index contributed by atoms with van der Waals surface area (Å²) in [6.07, 6.45) is 1.10. The third-order valence-electron chi connectivity index (χ3n) is 3.72. The number of nitro groups is 1.